The van der Waals surface area contributed by atoms with E-state index in [2.05, 4.69) is 39.4 Å². The lowest BCUT2D eigenvalue weighted by Gasteiger charge is -2.28. The van der Waals surface area contributed by atoms with Gasteiger partial charge in [0, 0.05) is 38.4 Å². The van der Waals surface area contributed by atoms with Crippen LogP contribution in [0.4, 0.5) is 5.69 Å². The van der Waals surface area contributed by atoms with Crippen molar-refractivity contribution in [1.82, 2.24) is 10.2 Å². The Labute approximate surface area is 140 Å². The van der Waals surface area contributed by atoms with Crippen molar-refractivity contribution in [1.29, 1.82) is 0 Å². The van der Waals surface area contributed by atoms with Crippen LogP contribution in [-0.2, 0) is 6.54 Å². The fraction of sp³-hybridized carbons (Fsp3) is 0.684. The number of piperidine rings is 1. The standard InChI is InChI=1S/C19H31N3O/c23-19(16-21-10-4-5-11-21)15-20-14-17-6-8-18(9-7-17)22-12-2-1-3-13-22/h6-9,19-20,23H,1-5,10-16H2. The molecule has 0 spiro atoms. The maximum Gasteiger partial charge on any atom is 0.0791 e. The summed E-state index contributed by atoms with van der Waals surface area (Å²) in [5, 5.41) is 13.5. The van der Waals surface area contributed by atoms with Crippen LogP contribution < -0.4 is 10.2 Å². The van der Waals surface area contributed by atoms with Gasteiger partial charge in [-0.3, -0.25) is 0 Å². The van der Waals surface area contributed by atoms with Gasteiger partial charge < -0.3 is 20.2 Å². The first kappa shape index (κ1) is 16.7. The summed E-state index contributed by atoms with van der Waals surface area (Å²) in [6.45, 7) is 6.99. The Morgan fingerprint density at radius 1 is 0.913 bits per heavy atom. The molecule has 2 heterocycles. The highest BCUT2D eigenvalue weighted by Crippen LogP contribution is 2.20. The van der Waals surface area contributed by atoms with Crippen LogP contribution in [0.2, 0.25) is 0 Å². The number of β-amino-alcohol motifs (C(OH)–C–C–N with tert-alkyl or cyclic N) is 1. The topological polar surface area (TPSA) is 38.7 Å². The molecule has 1 unspecified atom stereocenters. The molecule has 128 valence electrons. The van der Waals surface area contributed by atoms with Gasteiger partial charge in [-0.15, -0.1) is 0 Å². The van der Waals surface area contributed by atoms with Crippen molar-refractivity contribution in [3.05, 3.63) is 29.8 Å². The van der Waals surface area contributed by atoms with Crippen molar-refractivity contribution in [3.8, 4) is 0 Å². The number of hydrogen-bond acceptors (Lipinski definition) is 4. The lowest BCUT2D eigenvalue weighted by atomic mass is 10.1. The molecule has 1 aromatic carbocycles. The normalized spacial score (nSPS) is 20.8. The largest absolute Gasteiger partial charge is 0.390 e. The van der Waals surface area contributed by atoms with Gasteiger partial charge in [-0.1, -0.05) is 12.1 Å². The van der Waals surface area contributed by atoms with E-state index in [9.17, 15) is 5.11 Å². The molecule has 2 aliphatic heterocycles. The second kappa shape index (κ2) is 8.67. The number of anilines is 1. The summed E-state index contributed by atoms with van der Waals surface area (Å²) in [5.74, 6) is 0. The Morgan fingerprint density at radius 2 is 1.57 bits per heavy atom. The highest BCUT2D eigenvalue weighted by Gasteiger charge is 2.15. The minimum Gasteiger partial charge on any atom is -0.390 e. The van der Waals surface area contributed by atoms with E-state index in [1.807, 2.05) is 0 Å². The number of rotatable bonds is 7. The summed E-state index contributed by atoms with van der Waals surface area (Å²) in [6.07, 6.45) is 6.31. The molecule has 0 amide bonds. The predicted octanol–water partition coefficient (Wildman–Crippen LogP) is 2.22. The number of benzene rings is 1. The monoisotopic (exact) mass is 317 g/mol. The van der Waals surface area contributed by atoms with Crippen LogP contribution in [-0.4, -0.2) is 55.4 Å². The van der Waals surface area contributed by atoms with Crippen molar-refractivity contribution >= 4 is 5.69 Å². The molecule has 4 nitrogen and oxygen atoms in total. The van der Waals surface area contributed by atoms with Crippen LogP contribution in [0.5, 0.6) is 0 Å². The maximum absolute atomic E-state index is 10.1. The zero-order chi connectivity index (χ0) is 15.9. The molecule has 2 N–H and O–H groups in total. The molecular formula is C19H31N3O. The van der Waals surface area contributed by atoms with Crippen LogP contribution >= 0.6 is 0 Å². The number of aliphatic hydroxyl groups excluding tert-OH is 1. The third kappa shape index (κ3) is 5.20. The summed E-state index contributed by atoms with van der Waals surface area (Å²) >= 11 is 0. The summed E-state index contributed by atoms with van der Waals surface area (Å²) in [7, 11) is 0. The quantitative estimate of drug-likeness (QED) is 0.809. The fourth-order valence-electron chi connectivity index (χ4n) is 3.69. The summed E-state index contributed by atoms with van der Waals surface area (Å²) in [6, 6.07) is 8.90. The van der Waals surface area contributed by atoms with E-state index < -0.39 is 0 Å². The molecule has 3 rings (SSSR count). The molecule has 0 radical (unpaired) electrons. The summed E-state index contributed by atoms with van der Waals surface area (Å²) in [5.41, 5.74) is 2.64. The molecule has 23 heavy (non-hydrogen) atoms. The van der Waals surface area contributed by atoms with Crippen molar-refractivity contribution in [2.24, 2.45) is 0 Å². The van der Waals surface area contributed by atoms with E-state index in [-0.39, 0.29) is 6.10 Å². The SMILES string of the molecule is OC(CNCc1ccc(N2CCCCC2)cc1)CN1CCCC1. The van der Waals surface area contributed by atoms with Crippen LogP contribution in [0, 0.1) is 0 Å². The minimum atomic E-state index is -0.263. The third-order valence-corrected chi connectivity index (χ3v) is 5.03. The van der Waals surface area contributed by atoms with Gasteiger partial charge >= 0.3 is 0 Å². The van der Waals surface area contributed by atoms with Crippen LogP contribution in [0.1, 0.15) is 37.7 Å². The maximum atomic E-state index is 10.1. The zero-order valence-corrected chi connectivity index (χ0v) is 14.2. The molecule has 4 heteroatoms. The van der Waals surface area contributed by atoms with Gasteiger partial charge in [-0.05, 0) is 62.9 Å². The van der Waals surface area contributed by atoms with Gasteiger partial charge in [0.25, 0.3) is 0 Å². The van der Waals surface area contributed by atoms with Gasteiger partial charge in [-0.25, -0.2) is 0 Å². The fourth-order valence-corrected chi connectivity index (χ4v) is 3.69. The van der Waals surface area contributed by atoms with E-state index in [0.717, 1.165) is 26.2 Å². The number of hydrogen-bond donors (Lipinski definition) is 2. The van der Waals surface area contributed by atoms with Gasteiger partial charge in [0.05, 0.1) is 6.10 Å². The van der Waals surface area contributed by atoms with Crippen LogP contribution in [0.15, 0.2) is 24.3 Å². The molecule has 2 saturated heterocycles. The number of nitrogens with zero attached hydrogens (tertiary/aromatic N) is 2. The van der Waals surface area contributed by atoms with E-state index in [1.54, 1.807) is 0 Å². The van der Waals surface area contributed by atoms with Gasteiger partial charge in [0.2, 0.25) is 0 Å². The first-order chi connectivity index (χ1) is 11.3. The molecule has 2 fully saturated rings. The van der Waals surface area contributed by atoms with E-state index >= 15 is 0 Å². The lowest BCUT2D eigenvalue weighted by molar-refractivity contribution is 0.123. The van der Waals surface area contributed by atoms with E-state index in [0.29, 0.717) is 6.54 Å². The van der Waals surface area contributed by atoms with E-state index in [4.69, 9.17) is 0 Å². The van der Waals surface area contributed by atoms with Gasteiger partial charge in [0.15, 0.2) is 0 Å². The Balaban J connectivity index is 1.38. The zero-order valence-electron chi connectivity index (χ0n) is 14.2. The summed E-state index contributed by atoms with van der Waals surface area (Å²) in [4.78, 5) is 4.85. The Bertz CT molecular complexity index is 450. The Hall–Kier alpha value is -1.10. The molecule has 0 aliphatic carbocycles. The number of aliphatic hydroxyl groups is 1. The highest BCUT2D eigenvalue weighted by atomic mass is 16.3. The third-order valence-electron chi connectivity index (χ3n) is 5.03. The smallest absolute Gasteiger partial charge is 0.0791 e. The van der Waals surface area contributed by atoms with E-state index in [1.165, 1.54) is 56.4 Å². The first-order valence-electron chi connectivity index (χ1n) is 9.26. The number of likely N-dealkylation sites (tertiary alicyclic amines) is 1. The lowest BCUT2D eigenvalue weighted by Crippen LogP contribution is -2.36. The van der Waals surface area contributed by atoms with Crippen LogP contribution in [0.25, 0.3) is 0 Å². The van der Waals surface area contributed by atoms with Gasteiger partial charge in [0.1, 0.15) is 0 Å². The molecule has 1 aromatic rings. The average Bonchev–Trinajstić information content (AvgIpc) is 3.09. The average molecular weight is 317 g/mol. The Kier molecular flexibility index (Phi) is 6.31. The molecule has 0 bridgehead atoms. The molecule has 0 aromatic heterocycles. The minimum absolute atomic E-state index is 0.263. The Morgan fingerprint density at radius 3 is 2.26 bits per heavy atom. The number of nitrogens with one attached hydrogen (secondary N) is 1. The molecule has 1 atom stereocenters. The molecular weight excluding hydrogens is 286 g/mol. The van der Waals surface area contributed by atoms with Gasteiger partial charge in [-0.2, -0.15) is 0 Å². The molecule has 2 aliphatic rings. The van der Waals surface area contributed by atoms with Crippen molar-refractivity contribution in [2.45, 2.75) is 44.8 Å². The van der Waals surface area contributed by atoms with Crippen molar-refractivity contribution < 1.29 is 5.11 Å². The second-order valence-corrected chi connectivity index (χ2v) is 7.01. The van der Waals surface area contributed by atoms with Crippen LogP contribution in [0.3, 0.4) is 0 Å². The summed E-state index contributed by atoms with van der Waals surface area (Å²) < 4.78 is 0. The second-order valence-electron chi connectivity index (χ2n) is 7.01. The predicted molar refractivity (Wildman–Crippen MR) is 95.9 cm³/mol. The first-order valence-corrected chi connectivity index (χ1v) is 9.26. The van der Waals surface area contributed by atoms with Crippen molar-refractivity contribution in [2.75, 3.05) is 44.2 Å². The van der Waals surface area contributed by atoms with Crippen molar-refractivity contribution in [3.63, 3.8) is 0 Å². The molecule has 0 saturated carbocycles. The highest BCUT2D eigenvalue weighted by molar-refractivity contribution is 5.47.